The Morgan fingerprint density at radius 1 is 1.22 bits per heavy atom. The molecule has 0 bridgehead atoms. The zero-order valence-corrected chi connectivity index (χ0v) is 20.7. The summed E-state index contributed by atoms with van der Waals surface area (Å²) in [6.45, 7) is 2.20. The number of nitrogens with two attached hydrogens (primary N) is 1. The van der Waals surface area contributed by atoms with Crippen LogP contribution in [-0.2, 0) is 6.54 Å². The van der Waals surface area contributed by atoms with Crippen molar-refractivity contribution in [2.45, 2.75) is 32.4 Å². The van der Waals surface area contributed by atoms with Gasteiger partial charge in [-0.05, 0) is 25.8 Å². The minimum atomic E-state index is -0.336. The van der Waals surface area contributed by atoms with Gasteiger partial charge in [0.2, 0.25) is 0 Å². The Kier molecular flexibility index (Phi) is 6.71. The molecular formula is C23H24ClIN5O2-. The normalized spacial score (nSPS) is 13.2. The molecular weight excluding hydrogens is 541 g/mol. The number of nitrogens with one attached hydrogen (secondary N) is 2. The number of halogens is 2. The monoisotopic (exact) mass is 564 g/mol. The van der Waals surface area contributed by atoms with Crippen LogP contribution in [0.5, 0.6) is 0 Å². The van der Waals surface area contributed by atoms with Crippen LogP contribution in [0.25, 0.3) is 5.69 Å². The van der Waals surface area contributed by atoms with Crippen molar-refractivity contribution in [3.05, 3.63) is 73.4 Å². The Morgan fingerprint density at radius 2 is 2.00 bits per heavy atom. The second-order valence-corrected chi connectivity index (χ2v) is 10.4. The molecule has 1 saturated carbocycles. The summed E-state index contributed by atoms with van der Waals surface area (Å²) in [5.74, 6) is -0.245. The summed E-state index contributed by atoms with van der Waals surface area (Å²) in [5.41, 5.74) is 9.47. The van der Waals surface area contributed by atoms with E-state index >= 15 is 0 Å². The Bertz CT molecular complexity index is 1190. The molecule has 0 atom stereocenters. The van der Waals surface area contributed by atoms with E-state index < -0.39 is 0 Å². The summed E-state index contributed by atoms with van der Waals surface area (Å²) in [6.07, 6.45) is 3.47. The van der Waals surface area contributed by atoms with Crippen molar-refractivity contribution in [2.75, 3.05) is 10.7 Å². The zero-order chi connectivity index (χ0) is 22.8. The van der Waals surface area contributed by atoms with Crippen molar-refractivity contribution in [1.29, 1.82) is 0 Å². The van der Waals surface area contributed by atoms with E-state index in [4.69, 9.17) is 17.3 Å². The number of aryl methyl sites for hydroxylation is 1. The van der Waals surface area contributed by atoms with Gasteiger partial charge in [0.05, 0.1) is 0 Å². The second-order valence-electron chi connectivity index (χ2n) is 7.71. The van der Waals surface area contributed by atoms with Gasteiger partial charge in [-0.25, -0.2) is 0 Å². The van der Waals surface area contributed by atoms with E-state index in [1.807, 2.05) is 31.2 Å². The van der Waals surface area contributed by atoms with Gasteiger partial charge in [-0.1, -0.05) is 6.07 Å². The fraction of sp³-hybridized carbons (Fsp3) is 0.261. The first kappa shape index (κ1) is 22.6. The van der Waals surface area contributed by atoms with Gasteiger partial charge < -0.3 is 5.32 Å². The average Bonchev–Trinajstić information content (AvgIpc) is 3.52. The molecule has 4 rings (SSSR count). The molecule has 1 aromatic heterocycles. The predicted octanol–water partition coefficient (Wildman–Crippen LogP) is 0.127. The number of nitrogens with zero attached hydrogens (tertiary/aromatic N) is 2. The van der Waals surface area contributed by atoms with Crippen LogP contribution >= 0.6 is 11.6 Å². The SMILES string of the molecule is C[I-]c1ccc(CNC(=O)c2cnn(-c3cc(C(=O)NC4CC4)ccc3C)c2N)c(Cl)c1. The van der Waals surface area contributed by atoms with Crippen LogP contribution in [-0.4, -0.2) is 32.6 Å². The Hall–Kier alpha value is -2.59. The molecule has 168 valence electrons. The maximum absolute atomic E-state index is 12.8. The van der Waals surface area contributed by atoms with Crippen LogP contribution in [0.1, 0.15) is 44.7 Å². The van der Waals surface area contributed by atoms with E-state index in [9.17, 15) is 9.59 Å². The fourth-order valence-electron chi connectivity index (χ4n) is 3.25. The summed E-state index contributed by atoms with van der Waals surface area (Å²) in [6, 6.07) is 11.6. The molecule has 4 N–H and O–H groups in total. The van der Waals surface area contributed by atoms with Gasteiger partial charge in [-0.15, -0.1) is 0 Å². The summed E-state index contributed by atoms with van der Waals surface area (Å²) in [4.78, 5) is 27.4. The molecule has 9 heteroatoms. The molecule has 2 amide bonds. The zero-order valence-electron chi connectivity index (χ0n) is 17.8. The van der Waals surface area contributed by atoms with Gasteiger partial charge >= 0.3 is 143 Å². The number of hydrogen-bond donors (Lipinski definition) is 3. The van der Waals surface area contributed by atoms with Gasteiger partial charge in [-0.2, -0.15) is 0 Å². The quantitative estimate of drug-likeness (QED) is 0.280. The molecule has 3 aromatic rings. The summed E-state index contributed by atoms with van der Waals surface area (Å²) in [5, 5.41) is 10.8. The predicted molar refractivity (Wildman–Crippen MR) is 120 cm³/mol. The molecule has 32 heavy (non-hydrogen) atoms. The molecule has 0 radical (unpaired) electrons. The Balaban J connectivity index is 1.51. The minimum absolute atomic E-state index is 0.0394. The summed E-state index contributed by atoms with van der Waals surface area (Å²) in [7, 11) is 0. The van der Waals surface area contributed by atoms with Crippen molar-refractivity contribution < 1.29 is 30.8 Å². The van der Waals surface area contributed by atoms with Crippen molar-refractivity contribution in [3.8, 4) is 5.69 Å². The Morgan fingerprint density at radius 3 is 2.69 bits per heavy atom. The second kappa shape index (κ2) is 9.50. The first-order chi connectivity index (χ1) is 15.4. The third-order valence-corrected chi connectivity index (χ3v) is 7.60. The van der Waals surface area contributed by atoms with E-state index in [0.717, 1.165) is 24.0 Å². The van der Waals surface area contributed by atoms with E-state index in [1.54, 1.807) is 12.1 Å². The molecule has 0 aliphatic heterocycles. The number of aromatic nitrogens is 2. The van der Waals surface area contributed by atoms with E-state index in [2.05, 4.69) is 20.7 Å². The number of benzene rings is 2. The van der Waals surface area contributed by atoms with E-state index in [0.29, 0.717) is 22.8 Å². The van der Waals surface area contributed by atoms with Gasteiger partial charge in [0.15, 0.2) is 0 Å². The van der Waals surface area contributed by atoms with Crippen LogP contribution in [0, 0.1) is 10.5 Å². The average molecular weight is 565 g/mol. The first-order valence-electron chi connectivity index (χ1n) is 10.2. The van der Waals surface area contributed by atoms with Crippen molar-refractivity contribution in [2.24, 2.45) is 0 Å². The van der Waals surface area contributed by atoms with Crippen LogP contribution in [0.3, 0.4) is 0 Å². The number of rotatable bonds is 7. The number of hydrogen-bond acceptors (Lipinski definition) is 4. The van der Waals surface area contributed by atoms with Crippen LogP contribution in [0.2, 0.25) is 5.02 Å². The standard InChI is InChI=1S/C23H24ClIN5O2/c1-13-3-4-14(22(31)29-17-7-8-17)9-20(13)30-21(26)18(12-28-30)23(32)27-11-15-5-6-16(25-2)10-19(15)24/h3-6,9-10,12,17H,7-8,11,26H2,1-2H3,(H,27,32)(H,29,31)/q-1. The fourth-order valence-corrected chi connectivity index (χ4v) is 4.85. The number of alkyl halides is 1. The van der Waals surface area contributed by atoms with Crippen LogP contribution < -0.4 is 37.6 Å². The summed E-state index contributed by atoms with van der Waals surface area (Å²) >= 11 is 6.30. The number of amides is 2. The molecule has 1 aliphatic rings. The third kappa shape index (κ3) is 4.91. The van der Waals surface area contributed by atoms with Crippen LogP contribution in [0.15, 0.2) is 42.6 Å². The van der Waals surface area contributed by atoms with E-state index in [1.165, 1.54) is 14.4 Å². The summed E-state index contributed by atoms with van der Waals surface area (Å²) < 4.78 is 2.74. The number of carbonyl (C=O) groups excluding carboxylic acids is 2. The molecule has 1 fully saturated rings. The van der Waals surface area contributed by atoms with Crippen molar-refractivity contribution in [3.63, 3.8) is 0 Å². The van der Waals surface area contributed by atoms with Crippen molar-refractivity contribution >= 4 is 29.2 Å². The molecule has 0 saturated heterocycles. The Labute approximate surface area is 202 Å². The molecule has 7 nitrogen and oxygen atoms in total. The van der Waals surface area contributed by atoms with E-state index in [-0.39, 0.29) is 50.4 Å². The van der Waals surface area contributed by atoms with Gasteiger partial charge in [0.1, 0.15) is 0 Å². The molecule has 0 spiro atoms. The topological polar surface area (TPSA) is 102 Å². The molecule has 2 aromatic carbocycles. The number of carbonyl (C=O) groups is 2. The number of nitrogen functional groups attached to an aromatic ring is 1. The molecule has 1 heterocycles. The molecule has 0 unspecified atom stereocenters. The van der Waals surface area contributed by atoms with Crippen LogP contribution in [0.4, 0.5) is 5.82 Å². The number of anilines is 1. The van der Waals surface area contributed by atoms with Gasteiger partial charge in [-0.3, -0.25) is 4.79 Å². The van der Waals surface area contributed by atoms with Gasteiger partial charge in [0.25, 0.3) is 5.91 Å². The molecule has 1 aliphatic carbocycles. The van der Waals surface area contributed by atoms with Crippen molar-refractivity contribution in [1.82, 2.24) is 20.4 Å². The maximum atomic E-state index is 12.8. The first-order valence-corrected chi connectivity index (χ1v) is 13.8. The third-order valence-electron chi connectivity index (χ3n) is 5.34. The van der Waals surface area contributed by atoms with Gasteiger partial charge in [0, 0.05) is 11.6 Å².